The van der Waals surface area contributed by atoms with Crippen molar-refractivity contribution in [1.29, 1.82) is 0 Å². The SMILES string of the molecule is COC(=O)NCCn1cnnc1. The monoisotopic (exact) mass is 170 g/mol. The second-order valence-corrected chi connectivity index (χ2v) is 2.12. The van der Waals surface area contributed by atoms with E-state index in [1.807, 2.05) is 0 Å². The summed E-state index contributed by atoms with van der Waals surface area (Å²) in [5.41, 5.74) is 0. The minimum absolute atomic E-state index is 0.428. The number of nitrogens with one attached hydrogen (secondary N) is 1. The fourth-order valence-electron chi connectivity index (χ4n) is 0.697. The summed E-state index contributed by atoms with van der Waals surface area (Å²) in [7, 11) is 1.33. The third-order valence-corrected chi connectivity index (χ3v) is 1.29. The van der Waals surface area contributed by atoms with E-state index in [2.05, 4.69) is 20.3 Å². The molecule has 1 rings (SSSR count). The third-order valence-electron chi connectivity index (χ3n) is 1.29. The Labute approximate surface area is 69.5 Å². The molecule has 6 heteroatoms. The van der Waals surface area contributed by atoms with Crippen molar-refractivity contribution in [2.45, 2.75) is 6.54 Å². The first-order valence-corrected chi connectivity index (χ1v) is 3.47. The van der Waals surface area contributed by atoms with Crippen molar-refractivity contribution in [2.75, 3.05) is 13.7 Å². The van der Waals surface area contributed by atoms with E-state index in [9.17, 15) is 4.79 Å². The lowest BCUT2D eigenvalue weighted by atomic mass is 10.6. The van der Waals surface area contributed by atoms with Crippen LogP contribution in [0.5, 0.6) is 0 Å². The molecule has 1 heterocycles. The van der Waals surface area contributed by atoms with E-state index < -0.39 is 6.09 Å². The van der Waals surface area contributed by atoms with Crippen LogP contribution in [-0.2, 0) is 11.3 Å². The zero-order valence-corrected chi connectivity index (χ0v) is 6.73. The number of rotatable bonds is 3. The predicted molar refractivity (Wildman–Crippen MR) is 40.4 cm³/mol. The summed E-state index contributed by atoms with van der Waals surface area (Å²) in [6.07, 6.45) is 2.74. The molecule has 0 radical (unpaired) electrons. The number of amides is 1. The Morgan fingerprint density at radius 3 is 2.83 bits per heavy atom. The maximum atomic E-state index is 10.6. The average Bonchev–Trinajstić information content (AvgIpc) is 2.57. The van der Waals surface area contributed by atoms with Crippen LogP contribution in [0.2, 0.25) is 0 Å². The third kappa shape index (κ3) is 2.57. The van der Waals surface area contributed by atoms with Crippen molar-refractivity contribution in [3.8, 4) is 0 Å². The largest absolute Gasteiger partial charge is 0.453 e. The molecule has 0 aromatic carbocycles. The Morgan fingerprint density at radius 1 is 1.58 bits per heavy atom. The van der Waals surface area contributed by atoms with Crippen molar-refractivity contribution in [1.82, 2.24) is 20.1 Å². The van der Waals surface area contributed by atoms with Crippen molar-refractivity contribution in [3.05, 3.63) is 12.7 Å². The van der Waals surface area contributed by atoms with Gasteiger partial charge in [-0.05, 0) is 0 Å². The van der Waals surface area contributed by atoms with Gasteiger partial charge < -0.3 is 14.6 Å². The highest BCUT2D eigenvalue weighted by Crippen LogP contribution is 1.80. The number of carbonyl (C=O) groups excluding carboxylic acids is 1. The topological polar surface area (TPSA) is 69.0 Å². The van der Waals surface area contributed by atoms with Crippen LogP contribution in [0.4, 0.5) is 4.79 Å². The highest BCUT2D eigenvalue weighted by molar-refractivity contribution is 5.66. The summed E-state index contributed by atoms with van der Waals surface area (Å²) in [5, 5.41) is 9.75. The Morgan fingerprint density at radius 2 is 2.25 bits per heavy atom. The van der Waals surface area contributed by atoms with Crippen LogP contribution >= 0.6 is 0 Å². The minimum atomic E-state index is -0.428. The Balaban J connectivity index is 2.15. The molecule has 0 saturated carbocycles. The summed E-state index contributed by atoms with van der Waals surface area (Å²) in [6, 6.07) is 0. The van der Waals surface area contributed by atoms with Gasteiger partial charge in [0.05, 0.1) is 7.11 Å². The molecule has 1 aromatic heterocycles. The molecule has 0 bridgehead atoms. The first kappa shape index (κ1) is 8.51. The molecular weight excluding hydrogens is 160 g/mol. The number of ether oxygens (including phenoxy) is 1. The van der Waals surface area contributed by atoms with Crippen LogP contribution < -0.4 is 5.32 Å². The maximum Gasteiger partial charge on any atom is 0.406 e. The summed E-state index contributed by atoms with van der Waals surface area (Å²) in [5.74, 6) is 0. The second-order valence-electron chi connectivity index (χ2n) is 2.12. The van der Waals surface area contributed by atoms with Gasteiger partial charge in [-0.1, -0.05) is 0 Å². The van der Waals surface area contributed by atoms with Gasteiger partial charge in [-0.3, -0.25) is 0 Å². The number of aromatic nitrogens is 3. The molecule has 0 saturated heterocycles. The van der Waals surface area contributed by atoms with Gasteiger partial charge in [0, 0.05) is 13.1 Å². The summed E-state index contributed by atoms with van der Waals surface area (Å²) < 4.78 is 6.14. The van der Waals surface area contributed by atoms with Gasteiger partial charge >= 0.3 is 6.09 Å². The van der Waals surface area contributed by atoms with Gasteiger partial charge in [-0.25, -0.2) is 4.79 Å². The van der Waals surface area contributed by atoms with E-state index in [1.54, 1.807) is 17.2 Å². The molecule has 0 aliphatic rings. The Bertz CT molecular complexity index is 234. The highest BCUT2D eigenvalue weighted by Gasteiger charge is 1.96. The number of hydrogen-bond donors (Lipinski definition) is 1. The molecule has 0 aliphatic carbocycles. The van der Waals surface area contributed by atoms with E-state index in [-0.39, 0.29) is 0 Å². The molecule has 0 unspecified atom stereocenters. The highest BCUT2D eigenvalue weighted by atomic mass is 16.5. The Kier molecular flexibility index (Phi) is 3.06. The second kappa shape index (κ2) is 4.32. The lowest BCUT2D eigenvalue weighted by Crippen LogP contribution is -2.26. The first-order chi connectivity index (χ1) is 5.83. The van der Waals surface area contributed by atoms with Gasteiger partial charge in [0.1, 0.15) is 12.7 Å². The quantitative estimate of drug-likeness (QED) is 0.672. The van der Waals surface area contributed by atoms with E-state index in [0.717, 1.165) is 0 Å². The van der Waals surface area contributed by atoms with E-state index in [0.29, 0.717) is 13.1 Å². The van der Waals surface area contributed by atoms with Gasteiger partial charge in [0.15, 0.2) is 0 Å². The van der Waals surface area contributed by atoms with Crippen LogP contribution in [0.15, 0.2) is 12.7 Å². The average molecular weight is 170 g/mol. The van der Waals surface area contributed by atoms with Gasteiger partial charge in [-0.15, -0.1) is 10.2 Å². The number of alkyl carbamates (subject to hydrolysis) is 1. The molecular formula is C6H10N4O2. The van der Waals surface area contributed by atoms with Crippen molar-refractivity contribution < 1.29 is 9.53 Å². The van der Waals surface area contributed by atoms with Gasteiger partial charge in [0.25, 0.3) is 0 Å². The van der Waals surface area contributed by atoms with Crippen LogP contribution in [0.25, 0.3) is 0 Å². The standard InChI is InChI=1S/C6H10N4O2/c1-12-6(11)7-2-3-10-4-8-9-5-10/h4-5H,2-3H2,1H3,(H,7,11). The molecule has 12 heavy (non-hydrogen) atoms. The van der Waals surface area contributed by atoms with Crippen LogP contribution in [0.3, 0.4) is 0 Å². The van der Waals surface area contributed by atoms with Gasteiger partial charge in [-0.2, -0.15) is 0 Å². The summed E-state index contributed by atoms with van der Waals surface area (Å²) in [6.45, 7) is 1.15. The number of methoxy groups -OCH3 is 1. The fraction of sp³-hybridized carbons (Fsp3) is 0.500. The number of nitrogens with zero attached hydrogens (tertiary/aromatic N) is 3. The smallest absolute Gasteiger partial charge is 0.406 e. The molecule has 0 fully saturated rings. The van der Waals surface area contributed by atoms with E-state index in [4.69, 9.17) is 0 Å². The lowest BCUT2D eigenvalue weighted by Gasteiger charge is -2.02. The molecule has 0 spiro atoms. The maximum absolute atomic E-state index is 10.6. The number of hydrogen-bond acceptors (Lipinski definition) is 4. The molecule has 66 valence electrons. The molecule has 0 atom stereocenters. The van der Waals surface area contributed by atoms with E-state index >= 15 is 0 Å². The van der Waals surface area contributed by atoms with Crippen molar-refractivity contribution in [2.24, 2.45) is 0 Å². The van der Waals surface area contributed by atoms with Crippen molar-refractivity contribution in [3.63, 3.8) is 0 Å². The molecule has 1 aromatic rings. The molecule has 1 amide bonds. The predicted octanol–water partition coefficient (Wildman–Crippen LogP) is -0.366. The van der Waals surface area contributed by atoms with Crippen LogP contribution in [0.1, 0.15) is 0 Å². The van der Waals surface area contributed by atoms with Gasteiger partial charge in [0.2, 0.25) is 0 Å². The molecule has 1 N–H and O–H groups in total. The molecule has 6 nitrogen and oxygen atoms in total. The zero-order chi connectivity index (χ0) is 8.81. The van der Waals surface area contributed by atoms with Crippen LogP contribution in [0, 0.1) is 0 Å². The van der Waals surface area contributed by atoms with Crippen LogP contribution in [-0.4, -0.2) is 34.5 Å². The lowest BCUT2D eigenvalue weighted by molar-refractivity contribution is 0.170. The fourth-order valence-corrected chi connectivity index (χ4v) is 0.697. The minimum Gasteiger partial charge on any atom is -0.453 e. The first-order valence-electron chi connectivity index (χ1n) is 3.47. The van der Waals surface area contributed by atoms with Crippen molar-refractivity contribution >= 4 is 6.09 Å². The summed E-state index contributed by atoms with van der Waals surface area (Å²) in [4.78, 5) is 10.6. The zero-order valence-electron chi connectivity index (χ0n) is 6.73. The number of carbonyl (C=O) groups is 1. The molecule has 0 aliphatic heterocycles. The van der Waals surface area contributed by atoms with E-state index in [1.165, 1.54) is 7.11 Å². The Hall–Kier alpha value is -1.59. The normalized spacial score (nSPS) is 9.42. The summed E-state index contributed by atoms with van der Waals surface area (Å²) >= 11 is 0.